The van der Waals surface area contributed by atoms with Gasteiger partial charge >= 0.3 is 0 Å². The van der Waals surface area contributed by atoms with Crippen LogP contribution in [0.3, 0.4) is 0 Å². The zero-order chi connectivity index (χ0) is 26.5. The molecule has 11 heteroatoms. The number of halogens is 1. The summed E-state index contributed by atoms with van der Waals surface area (Å²) in [6.07, 6.45) is 0. The first-order valence-corrected chi connectivity index (χ1v) is 12.6. The molecule has 0 bridgehead atoms. The van der Waals surface area contributed by atoms with Crippen molar-refractivity contribution in [1.29, 1.82) is 0 Å². The maximum Gasteiger partial charge on any atom is 0.268 e. The van der Waals surface area contributed by atoms with E-state index in [1.54, 1.807) is 43.3 Å². The maximum absolute atomic E-state index is 13.8. The number of amides is 2. The molecule has 0 aliphatic rings. The number of carbonyl (C=O) groups excluding carboxylic acids is 2. The highest BCUT2D eigenvalue weighted by Gasteiger charge is 2.31. The molecule has 3 aromatic rings. The Kier molecular flexibility index (Phi) is 8.44. The molecular formula is C25H26ClN3O6S. The molecule has 0 atom stereocenters. The third-order valence-electron chi connectivity index (χ3n) is 5.06. The number of hydrogen-bond donors (Lipinski definition) is 2. The molecule has 190 valence electrons. The second-order valence-corrected chi connectivity index (χ2v) is 10.0. The summed E-state index contributed by atoms with van der Waals surface area (Å²) in [6, 6.07) is 15.7. The summed E-state index contributed by atoms with van der Waals surface area (Å²) in [6.45, 7) is 2.56. The molecule has 0 aliphatic carbocycles. The van der Waals surface area contributed by atoms with E-state index in [9.17, 15) is 18.0 Å². The number of rotatable bonds is 9. The lowest BCUT2D eigenvalue weighted by atomic mass is 10.2. The molecule has 0 radical (unpaired) electrons. The maximum atomic E-state index is 13.8. The van der Waals surface area contributed by atoms with Crippen LogP contribution in [0.5, 0.6) is 11.5 Å². The van der Waals surface area contributed by atoms with E-state index < -0.39 is 22.5 Å². The molecule has 9 nitrogen and oxygen atoms in total. The highest BCUT2D eigenvalue weighted by atomic mass is 35.5. The number of carbonyl (C=O) groups is 2. The fourth-order valence-corrected chi connectivity index (χ4v) is 5.35. The van der Waals surface area contributed by atoms with Gasteiger partial charge in [-0.15, -0.1) is 0 Å². The Labute approximate surface area is 215 Å². The molecule has 0 unspecified atom stereocenters. The van der Waals surface area contributed by atoms with Crippen molar-refractivity contribution >= 4 is 50.5 Å². The summed E-state index contributed by atoms with van der Waals surface area (Å²) in [4.78, 5) is 24.3. The van der Waals surface area contributed by atoms with E-state index in [1.165, 1.54) is 45.4 Å². The lowest BCUT2D eigenvalue weighted by molar-refractivity contribution is -0.115. The smallest absolute Gasteiger partial charge is 0.268 e. The van der Waals surface area contributed by atoms with Crippen molar-refractivity contribution in [3.05, 3.63) is 71.2 Å². The minimum absolute atomic E-state index is 0.0996. The van der Waals surface area contributed by atoms with Gasteiger partial charge in [0.25, 0.3) is 10.0 Å². The number of hydrogen-bond acceptors (Lipinski definition) is 6. The first kappa shape index (κ1) is 26.8. The number of nitrogens with zero attached hydrogens (tertiary/aromatic N) is 1. The average molecular weight is 532 g/mol. The zero-order valence-corrected chi connectivity index (χ0v) is 21.7. The van der Waals surface area contributed by atoms with Gasteiger partial charge in [0.2, 0.25) is 11.8 Å². The van der Waals surface area contributed by atoms with Crippen molar-refractivity contribution in [2.45, 2.75) is 18.7 Å². The van der Waals surface area contributed by atoms with E-state index in [2.05, 4.69) is 10.6 Å². The number of methoxy groups -OCH3 is 2. The molecule has 0 spiro atoms. The molecule has 0 aliphatic heterocycles. The van der Waals surface area contributed by atoms with Crippen LogP contribution < -0.4 is 24.4 Å². The minimum Gasteiger partial charge on any atom is -0.495 e. The number of aryl methyl sites for hydroxylation is 1. The van der Waals surface area contributed by atoms with Gasteiger partial charge in [0, 0.05) is 18.3 Å². The molecule has 2 N–H and O–H groups in total. The molecular weight excluding hydrogens is 506 g/mol. The van der Waals surface area contributed by atoms with Crippen molar-refractivity contribution in [3.8, 4) is 11.5 Å². The Bertz CT molecular complexity index is 1390. The molecule has 0 heterocycles. The van der Waals surface area contributed by atoms with E-state index in [0.29, 0.717) is 22.7 Å². The topological polar surface area (TPSA) is 114 Å². The second kappa shape index (κ2) is 11.3. The molecule has 0 fully saturated rings. The Morgan fingerprint density at radius 3 is 2.17 bits per heavy atom. The van der Waals surface area contributed by atoms with E-state index in [0.717, 1.165) is 4.31 Å². The van der Waals surface area contributed by atoms with Crippen molar-refractivity contribution in [3.63, 3.8) is 0 Å². The Morgan fingerprint density at radius 2 is 1.56 bits per heavy atom. The molecule has 0 aromatic heterocycles. The van der Waals surface area contributed by atoms with Crippen molar-refractivity contribution in [2.75, 3.05) is 35.7 Å². The number of benzene rings is 3. The van der Waals surface area contributed by atoms with Crippen LogP contribution >= 0.6 is 11.6 Å². The number of anilines is 3. The van der Waals surface area contributed by atoms with Crippen LogP contribution in [0.2, 0.25) is 5.02 Å². The summed E-state index contributed by atoms with van der Waals surface area (Å²) in [5, 5.41) is 5.48. The normalized spacial score (nSPS) is 10.9. The van der Waals surface area contributed by atoms with Gasteiger partial charge in [0.15, 0.2) is 0 Å². The SMILES string of the molecule is COc1ccc(N(CC(=O)Nc2cccc(NC(C)=O)c2)S(=O)(=O)c2cc(C)ccc2OC)cc1Cl. The van der Waals surface area contributed by atoms with Gasteiger partial charge in [0.1, 0.15) is 22.9 Å². The first-order valence-electron chi connectivity index (χ1n) is 10.7. The van der Waals surface area contributed by atoms with Crippen molar-refractivity contribution in [1.82, 2.24) is 0 Å². The summed E-state index contributed by atoms with van der Waals surface area (Å²) in [5.74, 6) is -0.393. The Balaban J connectivity index is 2.01. The van der Waals surface area contributed by atoms with E-state index in [1.807, 2.05) is 0 Å². The lowest BCUT2D eigenvalue weighted by Gasteiger charge is -2.25. The van der Waals surface area contributed by atoms with Crippen LogP contribution in [0.4, 0.5) is 17.1 Å². The van der Waals surface area contributed by atoms with Crippen LogP contribution in [-0.2, 0) is 19.6 Å². The van der Waals surface area contributed by atoms with Crippen LogP contribution in [0.25, 0.3) is 0 Å². The highest BCUT2D eigenvalue weighted by Crippen LogP contribution is 2.34. The second-order valence-electron chi connectivity index (χ2n) is 7.80. The molecule has 3 aromatic carbocycles. The number of nitrogens with one attached hydrogen (secondary N) is 2. The van der Waals surface area contributed by atoms with E-state index >= 15 is 0 Å². The summed E-state index contributed by atoms with van der Waals surface area (Å²) in [5.41, 5.74) is 1.72. The average Bonchev–Trinajstić information content (AvgIpc) is 2.82. The van der Waals surface area contributed by atoms with Gasteiger partial charge in [0.05, 0.1) is 24.9 Å². The van der Waals surface area contributed by atoms with Gasteiger partial charge in [-0.2, -0.15) is 0 Å². The Hall–Kier alpha value is -3.76. The summed E-state index contributed by atoms with van der Waals surface area (Å²) >= 11 is 6.27. The quantitative estimate of drug-likeness (QED) is 0.421. The van der Waals surface area contributed by atoms with Crippen LogP contribution in [0, 0.1) is 6.92 Å². The van der Waals surface area contributed by atoms with E-state index in [4.69, 9.17) is 21.1 Å². The first-order chi connectivity index (χ1) is 17.0. The fourth-order valence-electron chi connectivity index (χ4n) is 3.44. The zero-order valence-electron chi connectivity index (χ0n) is 20.2. The minimum atomic E-state index is -4.28. The predicted molar refractivity (Wildman–Crippen MR) is 140 cm³/mol. The summed E-state index contributed by atoms with van der Waals surface area (Å²) in [7, 11) is -1.47. The fraction of sp³-hybridized carbons (Fsp3) is 0.200. The Morgan fingerprint density at radius 1 is 0.917 bits per heavy atom. The monoisotopic (exact) mass is 531 g/mol. The van der Waals surface area contributed by atoms with Gasteiger partial charge in [-0.3, -0.25) is 13.9 Å². The van der Waals surface area contributed by atoms with Gasteiger partial charge in [-0.1, -0.05) is 23.7 Å². The number of sulfonamides is 1. The van der Waals surface area contributed by atoms with Crippen LogP contribution in [0.1, 0.15) is 12.5 Å². The third-order valence-corrected chi connectivity index (χ3v) is 7.15. The standard InChI is InChI=1S/C25H26ClN3O6S/c1-16-8-10-23(35-4)24(12-16)36(32,33)29(20-9-11-22(34-3)21(26)14-20)15-25(31)28-19-7-5-6-18(13-19)27-17(2)30/h5-14H,15H2,1-4H3,(H,27,30)(H,28,31). The molecule has 0 saturated heterocycles. The van der Waals surface area contributed by atoms with Crippen LogP contribution in [0.15, 0.2) is 65.6 Å². The third kappa shape index (κ3) is 6.27. The van der Waals surface area contributed by atoms with Gasteiger partial charge < -0.3 is 20.1 Å². The molecule has 3 rings (SSSR count). The molecule has 36 heavy (non-hydrogen) atoms. The molecule has 2 amide bonds. The van der Waals surface area contributed by atoms with Crippen molar-refractivity contribution < 1.29 is 27.5 Å². The van der Waals surface area contributed by atoms with Crippen LogP contribution in [-0.4, -0.2) is 41.0 Å². The lowest BCUT2D eigenvalue weighted by Crippen LogP contribution is -2.38. The number of ether oxygens (including phenoxy) is 2. The van der Waals surface area contributed by atoms with E-state index in [-0.39, 0.29) is 27.3 Å². The highest BCUT2D eigenvalue weighted by molar-refractivity contribution is 7.93. The largest absolute Gasteiger partial charge is 0.495 e. The van der Waals surface area contributed by atoms with Crippen molar-refractivity contribution in [2.24, 2.45) is 0 Å². The van der Waals surface area contributed by atoms with Gasteiger partial charge in [-0.05, 0) is 61.0 Å². The predicted octanol–water partition coefficient (Wildman–Crippen LogP) is 4.46. The van der Waals surface area contributed by atoms with Gasteiger partial charge in [-0.25, -0.2) is 8.42 Å². The molecule has 0 saturated carbocycles. The summed E-state index contributed by atoms with van der Waals surface area (Å²) < 4.78 is 39.1.